The molecule has 1 amide bonds. The third-order valence-corrected chi connectivity index (χ3v) is 3.39. The number of hydrogen-bond acceptors (Lipinski definition) is 4. The maximum Gasteiger partial charge on any atom is 0.256 e. The van der Waals surface area contributed by atoms with Gasteiger partial charge in [-0.3, -0.25) is 4.79 Å². The van der Waals surface area contributed by atoms with Gasteiger partial charge in [0, 0.05) is 11.6 Å². The van der Waals surface area contributed by atoms with Crippen LogP contribution in [0.2, 0.25) is 0 Å². The summed E-state index contributed by atoms with van der Waals surface area (Å²) in [5, 5.41) is 6.52. The number of aromatic nitrogens is 1. The van der Waals surface area contributed by atoms with Crippen molar-refractivity contribution in [2.75, 3.05) is 5.32 Å². The fourth-order valence-electron chi connectivity index (χ4n) is 2.40. The quantitative estimate of drug-likeness (QED) is 0.720. The standard InChI is InChI=1S/C15H10FN3O2/c16-9-3-4-11-8(6-9)7-12(21-11)14-18-13-10(15(20)19-14)2-1-5-17-13/h1-7,14H,(H,17,18)(H,19,20). The van der Waals surface area contributed by atoms with Crippen molar-refractivity contribution in [2.45, 2.75) is 6.17 Å². The average Bonchev–Trinajstić information content (AvgIpc) is 2.90. The lowest BCUT2D eigenvalue weighted by molar-refractivity contribution is 0.0930. The maximum atomic E-state index is 13.2. The van der Waals surface area contributed by atoms with Gasteiger partial charge in [-0.25, -0.2) is 9.37 Å². The molecule has 1 unspecified atom stereocenters. The Bertz CT molecular complexity index is 859. The second kappa shape index (κ2) is 4.31. The van der Waals surface area contributed by atoms with Crippen LogP contribution in [0.5, 0.6) is 0 Å². The molecule has 2 N–H and O–H groups in total. The molecular weight excluding hydrogens is 273 g/mol. The van der Waals surface area contributed by atoms with Crippen LogP contribution in [-0.4, -0.2) is 10.9 Å². The van der Waals surface area contributed by atoms with Gasteiger partial charge in [0.05, 0.1) is 5.56 Å². The first-order chi connectivity index (χ1) is 10.2. The number of nitrogens with one attached hydrogen (secondary N) is 2. The van der Waals surface area contributed by atoms with Gasteiger partial charge >= 0.3 is 0 Å². The van der Waals surface area contributed by atoms with Crippen molar-refractivity contribution in [2.24, 2.45) is 0 Å². The van der Waals surface area contributed by atoms with Crippen LogP contribution in [0.4, 0.5) is 10.2 Å². The van der Waals surface area contributed by atoms with E-state index in [1.54, 1.807) is 30.5 Å². The number of benzene rings is 1. The molecule has 3 heterocycles. The second-order valence-electron chi connectivity index (χ2n) is 4.78. The third kappa shape index (κ3) is 1.92. The summed E-state index contributed by atoms with van der Waals surface area (Å²) in [6.45, 7) is 0. The van der Waals surface area contributed by atoms with E-state index in [1.807, 2.05) is 0 Å². The Hall–Kier alpha value is -2.89. The van der Waals surface area contributed by atoms with Crippen LogP contribution in [0, 0.1) is 5.82 Å². The Morgan fingerprint density at radius 2 is 2.10 bits per heavy atom. The predicted molar refractivity (Wildman–Crippen MR) is 74.2 cm³/mol. The van der Waals surface area contributed by atoms with Gasteiger partial charge in [-0.15, -0.1) is 0 Å². The highest BCUT2D eigenvalue weighted by molar-refractivity contribution is 6.00. The van der Waals surface area contributed by atoms with Crippen LogP contribution < -0.4 is 10.6 Å². The molecule has 104 valence electrons. The summed E-state index contributed by atoms with van der Waals surface area (Å²) < 4.78 is 18.9. The van der Waals surface area contributed by atoms with Crippen molar-refractivity contribution in [3.8, 4) is 0 Å². The molecule has 0 bridgehead atoms. The Morgan fingerprint density at radius 1 is 1.19 bits per heavy atom. The van der Waals surface area contributed by atoms with Gasteiger partial charge < -0.3 is 15.1 Å². The number of nitrogens with zero attached hydrogens (tertiary/aromatic N) is 1. The molecule has 0 spiro atoms. The lowest BCUT2D eigenvalue weighted by Gasteiger charge is -2.25. The van der Waals surface area contributed by atoms with Gasteiger partial charge in [-0.2, -0.15) is 0 Å². The van der Waals surface area contributed by atoms with Crippen LogP contribution >= 0.6 is 0 Å². The van der Waals surface area contributed by atoms with E-state index in [4.69, 9.17) is 4.42 Å². The molecule has 3 aromatic rings. The minimum absolute atomic E-state index is 0.228. The normalized spacial score (nSPS) is 17.2. The minimum atomic E-state index is -0.532. The fourth-order valence-corrected chi connectivity index (χ4v) is 2.40. The van der Waals surface area contributed by atoms with Crippen LogP contribution in [0.3, 0.4) is 0 Å². The van der Waals surface area contributed by atoms with Gasteiger partial charge in [0.15, 0.2) is 6.17 Å². The van der Waals surface area contributed by atoms with Gasteiger partial charge in [0.2, 0.25) is 0 Å². The van der Waals surface area contributed by atoms with E-state index >= 15 is 0 Å². The number of anilines is 1. The third-order valence-electron chi connectivity index (χ3n) is 3.39. The predicted octanol–water partition coefficient (Wildman–Crippen LogP) is 2.82. The average molecular weight is 283 g/mol. The first-order valence-corrected chi connectivity index (χ1v) is 6.42. The number of carbonyl (C=O) groups excluding carboxylic acids is 1. The van der Waals surface area contributed by atoms with Crippen molar-refractivity contribution in [3.05, 3.63) is 59.7 Å². The van der Waals surface area contributed by atoms with Crippen LogP contribution in [0.25, 0.3) is 11.0 Å². The van der Waals surface area contributed by atoms with Gasteiger partial charge in [-0.1, -0.05) is 0 Å². The SMILES string of the molecule is O=C1NC(c2cc3cc(F)ccc3o2)Nc2ncccc21. The number of furan rings is 1. The molecule has 0 radical (unpaired) electrons. The highest BCUT2D eigenvalue weighted by Crippen LogP contribution is 2.28. The molecule has 1 atom stereocenters. The summed E-state index contributed by atoms with van der Waals surface area (Å²) in [6.07, 6.45) is 1.07. The number of fused-ring (bicyclic) bond motifs is 2. The van der Waals surface area contributed by atoms with Crippen molar-refractivity contribution < 1.29 is 13.6 Å². The molecule has 0 aliphatic carbocycles. The van der Waals surface area contributed by atoms with E-state index in [-0.39, 0.29) is 11.7 Å². The summed E-state index contributed by atoms with van der Waals surface area (Å²) in [5.74, 6) is 0.439. The minimum Gasteiger partial charge on any atom is -0.457 e. The van der Waals surface area contributed by atoms with Gasteiger partial charge in [0.25, 0.3) is 5.91 Å². The van der Waals surface area contributed by atoms with Crippen molar-refractivity contribution >= 4 is 22.7 Å². The Morgan fingerprint density at radius 3 is 3.00 bits per heavy atom. The number of carbonyl (C=O) groups is 1. The van der Waals surface area contributed by atoms with Crippen molar-refractivity contribution in [1.82, 2.24) is 10.3 Å². The topological polar surface area (TPSA) is 67.2 Å². The van der Waals surface area contributed by atoms with Crippen LogP contribution in [0.15, 0.2) is 47.0 Å². The summed E-state index contributed by atoms with van der Waals surface area (Å²) >= 11 is 0. The molecular formula is C15H10FN3O2. The zero-order chi connectivity index (χ0) is 14.4. The zero-order valence-electron chi connectivity index (χ0n) is 10.8. The molecule has 0 saturated heterocycles. The van der Waals surface area contributed by atoms with E-state index in [9.17, 15) is 9.18 Å². The molecule has 1 aromatic carbocycles. The number of pyridine rings is 1. The monoisotopic (exact) mass is 283 g/mol. The van der Waals surface area contributed by atoms with E-state index in [1.165, 1.54) is 12.1 Å². The largest absolute Gasteiger partial charge is 0.457 e. The highest BCUT2D eigenvalue weighted by Gasteiger charge is 2.27. The first-order valence-electron chi connectivity index (χ1n) is 6.42. The summed E-state index contributed by atoms with van der Waals surface area (Å²) in [6, 6.07) is 9.37. The summed E-state index contributed by atoms with van der Waals surface area (Å²) in [7, 11) is 0. The molecule has 4 rings (SSSR count). The molecule has 1 aliphatic rings. The van der Waals surface area contributed by atoms with E-state index in [2.05, 4.69) is 15.6 Å². The van der Waals surface area contributed by atoms with E-state index in [0.717, 1.165) is 0 Å². The lowest BCUT2D eigenvalue weighted by atomic mass is 10.1. The lowest BCUT2D eigenvalue weighted by Crippen LogP contribution is -2.38. The Kier molecular flexibility index (Phi) is 2.44. The summed E-state index contributed by atoms with van der Waals surface area (Å²) in [4.78, 5) is 16.2. The fraction of sp³-hybridized carbons (Fsp3) is 0.0667. The van der Waals surface area contributed by atoms with E-state index < -0.39 is 6.17 Å². The molecule has 2 aromatic heterocycles. The highest BCUT2D eigenvalue weighted by atomic mass is 19.1. The number of hydrogen-bond donors (Lipinski definition) is 2. The molecule has 5 nitrogen and oxygen atoms in total. The molecule has 1 aliphatic heterocycles. The first kappa shape index (κ1) is 11.9. The zero-order valence-corrected chi connectivity index (χ0v) is 10.8. The van der Waals surface area contributed by atoms with Gasteiger partial charge in [0.1, 0.15) is 23.0 Å². The van der Waals surface area contributed by atoms with Crippen LogP contribution in [-0.2, 0) is 0 Å². The summed E-state index contributed by atoms with van der Waals surface area (Å²) in [5.41, 5.74) is 1.05. The Labute approximate surface area is 118 Å². The van der Waals surface area contributed by atoms with Crippen molar-refractivity contribution in [3.63, 3.8) is 0 Å². The van der Waals surface area contributed by atoms with Gasteiger partial charge in [-0.05, 0) is 36.4 Å². The number of halogens is 1. The number of amides is 1. The molecule has 0 saturated carbocycles. The molecule has 0 fully saturated rings. The van der Waals surface area contributed by atoms with Crippen LogP contribution in [0.1, 0.15) is 22.3 Å². The van der Waals surface area contributed by atoms with Crippen molar-refractivity contribution in [1.29, 1.82) is 0 Å². The molecule has 21 heavy (non-hydrogen) atoms. The Balaban J connectivity index is 1.75. The second-order valence-corrected chi connectivity index (χ2v) is 4.78. The van der Waals surface area contributed by atoms with E-state index in [0.29, 0.717) is 28.1 Å². The maximum absolute atomic E-state index is 13.2. The molecule has 6 heteroatoms. The smallest absolute Gasteiger partial charge is 0.256 e. The number of rotatable bonds is 1.